The van der Waals surface area contributed by atoms with Crippen LogP contribution in [0.25, 0.3) is 0 Å². The third kappa shape index (κ3) is 4.43. The van der Waals surface area contributed by atoms with E-state index in [0.717, 1.165) is 5.56 Å². The first-order valence-electron chi connectivity index (χ1n) is 3.72. The Hall–Kier alpha value is -0.350. The van der Waals surface area contributed by atoms with Crippen LogP contribution in [0.1, 0.15) is 5.56 Å². The van der Waals surface area contributed by atoms with Gasteiger partial charge in [0.1, 0.15) is 6.04 Å². The number of carbonyl (C=O) groups is 1. The van der Waals surface area contributed by atoms with Crippen LogP contribution in [0.4, 0.5) is 0 Å². The summed E-state index contributed by atoms with van der Waals surface area (Å²) in [5.74, 6) is -0.959. The fourth-order valence-corrected chi connectivity index (χ4v) is 0.955. The van der Waals surface area contributed by atoms with E-state index in [-0.39, 0.29) is 29.6 Å². The molecular formula is C9H11NNaO2+. The monoisotopic (exact) mass is 188 g/mol. The van der Waals surface area contributed by atoms with E-state index in [1.165, 1.54) is 0 Å². The molecule has 4 heteroatoms. The first kappa shape index (κ1) is 12.7. The summed E-state index contributed by atoms with van der Waals surface area (Å²) in [4.78, 5) is 10.4. The van der Waals surface area contributed by atoms with Crippen LogP contribution in [0.2, 0.25) is 0 Å². The quantitative estimate of drug-likeness (QED) is 0.522. The van der Waals surface area contributed by atoms with Crippen molar-refractivity contribution in [3.8, 4) is 0 Å². The van der Waals surface area contributed by atoms with E-state index >= 15 is 0 Å². The molecule has 0 spiro atoms. The van der Waals surface area contributed by atoms with Crippen molar-refractivity contribution in [2.24, 2.45) is 5.73 Å². The number of benzene rings is 1. The minimum absolute atomic E-state index is 0. The van der Waals surface area contributed by atoms with E-state index in [9.17, 15) is 4.79 Å². The molecule has 3 nitrogen and oxygen atoms in total. The Morgan fingerprint density at radius 2 is 1.92 bits per heavy atom. The van der Waals surface area contributed by atoms with Gasteiger partial charge < -0.3 is 10.8 Å². The zero-order valence-corrected chi connectivity index (χ0v) is 9.60. The van der Waals surface area contributed by atoms with Crippen molar-refractivity contribution in [3.63, 3.8) is 0 Å². The first-order chi connectivity index (χ1) is 5.70. The van der Waals surface area contributed by atoms with Crippen LogP contribution in [0, 0.1) is 0 Å². The van der Waals surface area contributed by atoms with E-state index in [1.807, 2.05) is 30.3 Å². The van der Waals surface area contributed by atoms with Gasteiger partial charge in [0.15, 0.2) is 0 Å². The maximum Gasteiger partial charge on any atom is 1.00 e. The van der Waals surface area contributed by atoms with E-state index in [1.54, 1.807) is 0 Å². The molecule has 0 aliphatic carbocycles. The molecule has 1 aromatic carbocycles. The van der Waals surface area contributed by atoms with Crippen molar-refractivity contribution in [2.75, 3.05) is 0 Å². The van der Waals surface area contributed by atoms with Gasteiger partial charge >= 0.3 is 35.5 Å². The predicted molar refractivity (Wildman–Crippen MR) is 45.8 cm³/mol. The third-order valence-corrected chi connectivity index (χ3v) is 1.62. The second-order valence-electron chi connectivity index (χ2n) is 2.63. The van der Waals surface area contributed by atoms with Crippen LogP contribution in [0.3, 0.4) is 0 Å². The summed E-state index contributed by atoms with van der Waals surface area (Å²) in [7, 11) is 0. The molecule has 0 bridgehead atoms. The summed E-state index contributed by atoms with van der Waals surface area (Å²) in [5.41, 5.74) is 6.30. The Balaban J connectivity index is 0.00000144. The van der Waals surface area contributed by atoms with Gasteiger partial charge in [-0.15, -0.1) is 0 Å². The molecule has 0 saturated carbocycles. The minimum atomic E-state index is -0.959. The maximum atomic E-state index is 10.4. The predicted octanol–water partition coefficient (Wildman–Crippen LogP) is -2.35. The topological polar surface area (TPSA) is 63.3 Å². The standard InChI is InChI=1S/C9H11NO2.Na/c10-8(9(11)12)6-7-4-2-1-3-5-7;/h1-5,8H,6,10H2,(H,11,12);/q;+1. The molecule has 0 aliphatic heterocycles. The molecule has 0 radical (unpaired) electrons. The molecule has 1 unspecified atom stereocenters. The van der Waals surface area contributed by atoms with Crippen molar-refractivity contribution in [3.05, 3.63) is 35.9 Å². The number of hydrogen-bond acceptors (Lipinski definition) is 2. The molecule has 0 amide bonds. The number of carboxylic acids is 1. The number of nitrogens with two attached hydrogens (primary N) is 1. The Kier molecular flexibility index (Phi) is 5.99. The van der Waals surface area contributed by atoms with Crippen molar-refractivity contribution in [2.45, 2.75) is 12.5 Å². The maximum absolute atomic E-state index is 10.4. The smallest absolute Gasteiger partial charge is 0.480 e. The molecule has 3 N–H and O–H groups in total. The Morgan fingerprint density at radius 3 is 2.38 bits per heavy atom. The molecule has 0 saturated heterocycles. The van der Waals surface area contributed by atoms with Gasteiger partial charge in [0.05, 0.1) is 0 Å². The van der Waals surface area contributed by atoms with Crippen molar-refractivity contribution < 1.29 is 39.5 Å². The van der Waals surface area contributed by atoms with Gasteiger partial charge in [-0.05, 0) is 12.0 Å². The zero-order valence-electron chi connectivity index (χ0n) is 7.60. The summed E-state index contributed by atoms with van der Waals surface area (Å²) in [6.07, 6.45) is 0.385. The molecular weight excluding hydrogens is 177 g/mol. The van der Waals surface area contributed by atoms with Crippen LogP contribution in [0.15, 0.2) is 30.3 Å². The Bertz CT molecular complexity index is 264. The normalized spacial score (nSPS) is 11.5. The van der Waals surface area contributed by atoms with Gasteiger partial charge in [0.2, 0.25) is 0 Å². The molecule has 0 aliphatic rings. The van der Waals surface area contributed by atoms with Gasteiger partial charge in [-0.2, -0.15) is 0 Å². The molecule has 13 heavy (non-hydrogen) atoms. The average molecular weight is 188 g/mol. The fourth-order valence-electron chi connectivity index (χ4n) is 0.955. The van der Waals surface area contributed by atoms with Gasteiger partial charge in [-0.25, -0.2) is 0 Å². The molecule has 1 aromatic rings. The van der Waals surface area contributed by atoms with Crippen LogP contribution in [0.5, 0.6) is 0 Å². The zero-order chi connectivity index (χ0) is 8.97. The molecule has 64 valence electrons. The number of rotatable bonds is 3. The summed E-state index contributed by atoms with van der Waals surface area (Å²) in [6.45, 7) is 0. The molecule has 1 rings (SSSR count). The first-order valence-corrected chi connectivity index (χ1v) is 3.72. The second-order valence-corrected chi connectivity index (χ2v) is 2.63. The number of aliphatic carboxylic acids is 1. The van der Waals surface area contributed by atoms with Gasteiger partial charge in [-0.1, -0.05) is 30.3 Å². The van der Waals surface area contributed by atoms with Crippen molar-refractivity contribution in [1.82, 2.24) is 0 Å². The second kappa shape index (κ2) is 6.16. The molecule has 0 fully saturated rings. The SMILES string of the molecule is NC(Cc1ccccc1)C(=O)O.[Na+]. The van der Waals surface area contributed by atoms with Crippen molar-refractivity contribution >= 4 is 5.97 Å². The largest absolute Gasteiger partial charge is 1.00 e. The van der Waals surface area contributed by atoms with E-state index in [4.69, 9.17) is 10.8 Å². The van der Waals surface area contributed by atoms with E-state index < -0.39 is 12.0 Å². The van der Waals surface area contributed by atoms with Gasteiger partial charge in [0, 0.05) is 0 Å². The Labute approximate surface area is 99.2 Å². The Morgan fingerprint density at radius 1 is 1.38 bits per heavy atom. The number of carboxylic acid groups (broad SMARTS) is 1. The van der Waals surface area contributed by atoms with E-state index in [0.29, 0.717) is 6.42 Å². The van der Waals surface area contributed by atoms with Gasteiger partial charge in [0.25, 0.3) is 0 Å². The third-order valence-electron chi connectivity index (χ3n) is 1.62. The van der Waals surface area contributed by atoms with Crippen molar-refractivity contribution in [1.29, 1.82) is 0 Å². The molecule has 0 aromatic heterocycles. The van der Waals surface area contributed by atoms with Crippen LogP contribution in [-0.4, -0.2) is 17.1 Å². The number of hydrogen-bond donors (Lipinski definition) is 2. The molecule has 1 atom stereocenters. The van der Waals surface area contributed by atoms with Gasteiger partial charge in [-0.3, -0.25) is 4.79 Å². The van der Waals surface area contributed by atoms with Crippen LogP contribution < -0.4 is 35.3 Å². The minimum Gasteiger partial charge on any atom is -0.480 e. The van der Waals surface area contributed by atoms with Crippen LogP contribution in [-0.2, 0) is 11.2 Å². The summed E-state index contributed by atoms with van der Waals surface area (Å²) in [6, 6.07) is 8.54. The summed E-state index contributed by atoms with van der Waals surface area (Å²) < 4.78 is 0. The summed E-state index contributed by atoms with van der Waals surface area (Å²) >= 11 is 0. The summed E-state index contributed by atoms with van der Waals surface area (Å²) in [5, 5.41) is 8.52. The van der Waals surface area contributed by atoms with E-state index in [2.05, 4.69) is 0 Å². The average Bonchev–Trinajstić information content (AvgIpc) is 2.06. The van der Waals surface area contributed by atoms with Crippen LogP contribution >= 0.6 is 0 Å². The fraction of sp³-hybridized carbons (Fsp3) is 0.222. The molecule has 0 heterocycles.